The van der Waals surface area contributed by atoms with Crippen molar-refractivity contribution in [2.75, 3.05) is 45.7 Å². The minimum Gasteiger partial charge on any atom is -0.326 e. The van der Waals surface area contributed by atoms with Gasteiger partial charge < -0.3 is 16.0 Å². The van der Waals surface area contributed by atoms with Gasteiger partial charge in [0, 0.05) is 30.4 Å². The highest BCUT2D eigenvalue weighted by Gasteiger charge is 2.31. The number of hydrogen-bond donors (Lipinski definition) is 2. The Morgan fingerprint density at radius 1 is 1.00 bits per heavy atom. The van der Waals surface area contributed by atoms with Crippen molar-refractivity contribution in [3.63, 3.8) is 0 Å². The summed E-state index contributed by atoms with van der Waals surface area (Å²) in [7, 11) is 0. The molecule has 4 N–H and O–H groups in total. The number of halogens is 1. The molecule has 0 aliphatic heterocycles. The van der Waals surface area contributed by atoms with E-state index in [1.807, 2.05) is 18.2 Å². The van der Waals surface area contributed by atoms with Crippen molar-refractivity contribution in [3.8, 4) is 0 Å². The van der Waals surface area contributed by atoms with E-state index in [1.54, 1.807) is 0 Å². The molecule has 4 nitrogen and oxygen atoms in total. The number of carbonyl (C=O) groups excluding carboxylic acids is 1. The molecule has 0 aromatic heterocycles. The summed E-state index contributed by atoms with van der Waals surface area (Å²) in [6.45, 7) is 6.63. The average Bonchev–Trinajstić information content (AvgIpc) is 2.68. The number of rotatable bonds is 7. The molecule has 0 saturated carbocycles. The van der Waals surface area contributed by atoms with Gasteiger partial charge in [-0.1, -0.05) is 36.4 Å². The van der Waals surface area contributed by atoms with Crippen molar-refractivity contribution in [3.05, 3.63) is 53.1 Å². The van der Waals surface area contributed by atoms with Crippen LogP contribution in [-0.4, -0.2) is 55.9 Å². The molecule has 0 bridgehead atoms. The summed E-state index contributed by atoms with van der Waals surface area (Å²) in [4.78, 5) is 13.1. The highest BCUT2D eigenvalue weighted by atomic mass is 35.5. The maximum Gasteiger partial charge on any atom is 0.195 e. The third-order valence-corrected chi connectivity index (χ3v) is 5.19. The Bertz CT molecular complexity index is 790. The van der Waals surface area contributed by atoms with Gasteiger partial charge >= 0.3 is 0 Å². The minimum absolute atomic E-state index is 0.143. The third-order valence-electron chi connectivity index (χ3n) is 5.19. The molecule has 0 spiro atoms. The quantitative estimate of drug-likeness (QED) is 0.578. The Kier molecular flexibility index (Phi) is 7.35. The number of nitrogens with zero attached hydrogens (tertiary/aromatic N) is 1. The van der Waals surface area contributed by atoms with Crippen LogP contribution in [0.5, 0.6) is 0 Å². The lowest BCUT2D eigenvalue weighted by molar-refractivity contribution is -0.919. The number of alkyl halides is 1. The standard InChI is InChI=1S/C20H26N3O.CH3Cl/c1-2-23(11-9-21,12-10-22)14-17-13-16-7-3-5-15-6-4-8-18(19(15)16)20(17)24;1-2/h3-8,13H,2,9-12,14,21-22H2,1H3;1H3/q+1;. The van der Waals surface area contributed by atoms with Crippen LogP contribution in [0.1, 0.15) is 22.8 Å². The molecule has 0 atom stereocenters. The van der Waals surface area contributed by atoms with E-state index in [2.05, 4.69) is 42.8 Å². The van der Waals surface area contributed by atoms with Gasteiger partial charge in [0.25, 0.3) is 0 Å². The minimum atomic E-state index is 0.143. The van der Waals surface area contributed by atoms with E-state index in [1.165, 1.54) is 6.38 Å². The zero-order chi connectivity index (χ0) is 19.2. The molecular formula is C21H29ClN3O+. The molecule has 3 rings (SSSR count). The van der Waals surface area contributed by atoms with Crippen molar-refractivity contribution in [2.45, 2.75) is 6.92 Å². The van der Waals surface area contributed by atoms with Crippen LogP contribution in [0.15, 0.2) is 42.0 Å². The molecule has 1 aliphatic carbocycles. The van der Waals surface area contributed by atoms with Crippen LogP contribution < -0.4 is 11.5 Å². The molecule has 0 fully saturated rings. The smallest absolute Gasteiger partial charge is 0.195 e. The lowest BCUT2D eigenvalue weighted by Gasteiger charge is -2.38. The number of benzene rings is 2. The lowest BCUT2D eigenvalue weighted by Crippen LogP contribution is -2.54. The van der Waals surface area contributed by atoms with E-state index < -0.39 is 0 Å². The lowest BCUT2D eigenvalue weighted by atomic mass is 9.87. The van der Waals surface area contributed by atoms with Gasteiger partial charge in [-0.15, -0.1) is 11.6 Å². The van der Waals surface area contributed by atoms with Crippen LogP contribution in [0.4, 0.5) is 0 Å². The van der Waals surface area contributed by atoms with E-state index in [4.69, 9.17) is 11.5 Å². The van der Waals surface area contributed by atoms with Gasteiger partial charge in [-0.2, -0.15) is 0 Å². The largest absolute Gasteiger partial charge is 0.326 e. The first-order valence-corrected chi connectivity index (χ1v) is 9.80. The molecule has 0 heterocycles. The number of Topliss-reactive ketones (excluding diaryl/α,β-unsaturated/α-hetero) is 1. The maximum absolute atomic E-state index is 13.1. The predicted molar refractivity (Wildman–Crippen MR) is 112 cm³/mol. The zero-order valence-electron chi connectivity index (χ0n) is 15.7. The van der Waals surface area contributed by atoms with E-state index in [0.29, 0.717) is 19.6 Å². The number of carbonyl (C=O) groups is 1. The van der Waals surface area contributed by atoms with Gasteiger partial charge in [0.15, 0.2) is 5.78 Å². The van der Waals surface area contributed by atoms with Crippen molar-refractivity contribution in [1.29, 1.82) is 0 Å². The van der Waals surface area contributed by atoms with Crippen molar-refractivity contribution in [1.82, 2.24) is 0 Å². The summed E-state index contributed by atoms with van der Waals surface area (Å²) in [5.74, 6) is 0.143. The Hall–Kier alpha value is -1.72. The fourth-order valence-electron chi connectivity index (χ4n) is 3.83. The topological polar surface area (TPSA) is 69.1 Å². The Balaban J connectivity index is 0.00000117. The third kappa shape index (κ3) is 3.99. The van der Waals surface area contributed by atoms with E-state index in [0.717, 1.165) is 51.6 Å². The molecule has 26 heavy (non-hydrogen) atoms. The maximum atomic E-state index is 13.1. The molecular weight excluding hydrogens is 346 g/mol. The van der Waals surface area contributed by atoms with Gasteiger partial charge in [0.1, 0.15) is 6.54 Å². The van der Waals surface area contributed by atoms with Gasteiger partial charge in [-0.3, -0.25) is 4.79 Å². The summed E-state index contributed by atoms with van der Waals surface area (Å²) in [6.07, 6.45) is 3.54. The fraction of sp³-hybridized carbons (Fsp3) is 0.381. The van der Waals surface area contributed by atoms with Gasteiger partial charge in [0.2, 0.25) is 0 Å². The highest BCUT2D eigenvalue weighted by Crippen LogP contribution is 2.32. The summed E-state index contributed by atoms with van der Waals surface area (Å²) in [5, 5.41) is 2.19. The average molecular weight is 375 g/mol. The second-order valence-electron chi connectivity index (χ2n) is 6.59. The molecule has 5 heteroatoms. The van der Waals surface area contributed by atoms with Crippen molar-refractivity contribution in [2.24, 2.45) is 11.5 Å². The number of quaternary nitrogens is 1. The first-order chi connectivity index (χ1) is 12.6. The molecule has 2 aromatic rings. The second kappa shape index (κ2) is 9.28. The van der Waals surface area contributed by atoms with Crippen LogP contribution in [0.3, 0.4) is 0 Å². The summed E-state index contributed by atoms with van der Waals surface area (Å²) < 4.78 is 0.767. The summed E-state index contributed by atoms with van der Waals surface area (Å²) in [6, 6.07) is 12.2. The van der Waals surface area contributed by atoms with Crippen molar-refractivity contribution < 1.29 is 9.28 Å². The zero-order valence-corrected chi connectivity index (χ0v) is 16.4. The van der Waals surface area contributed by atoms with Crippen molar-refractivity contribution >= 4 is 34.2 Å². The van der Waals surface area contributed by atoms with Crippen LogP contribution in [0, 0.1) is 0 Å². The Morgan fingerprint density at radius 3 is 2.19 bits per heavy atom. The summed E-state index contributed by atoms with van der Waals surface area (Å²) >= 11 is 4.64. The van der Waals surface area contributed by atoms with E-state index in [9.17, 15) is 4.79 Å². The number of likely N-dealkylation sites (N-methyl/N-ethyl adjacent to an activating group) is 1. The van der Waals surface area contributed by atoms with E-state index in [-0.39, 0.29) is 5.78 Å². The number of nitrogens with two attached hydrogens (primary N) is 2. The molecule has 0 unspecified atom stereocenters. The first kappa shape index (κ1) is 20.6. The number of hydrogen-bond acceptors (Lipinski definition) is 3. The van der Waals surface area contributed by atoms with E-state index >= 15 is 0 Å². The van der Waals surface area contributed by atoms with Crippen LogP contribution in [0.25, 0.3) is 16.8 Å². The van der Waals surface area contributed by atoms with Crippen LogP contribution in [0.2, 0.25) is 0 Å². The molecule has 0 radical (unpaired) electrons. The molecule has 0 saturated heterocycles. The highest BCUT2D eigenvalue weighted by molar-refractivity contribution is 6.22. The SMILES string of the molecule is CC[N+](CCN)(CCN)CC1=Cc2cccc3cccc(c23)C1=O.CCl. The van der Waals surface area contributed by atoms with Crippen LogP contribution in [-0.2, 0) is 0 Å². The molecule has 2 aromatic carbocycles. The van der Waals surface area contributed by atoms with Gasteiger partial charge in [-0.05, 0) is 23.9 Å². The second-order valence-corrected chi connectivity index (χ2v) is 6.59. The molecule has 1 aliphatic rings. The Morgan fingerprint density at radius 2 is 1.62 bits per heavy atom. The predicted octanol–water partition coefficient (Wildman–Crippen LogP) is 3.03. The fourth-order valence-corrected chi connectivity index (χ4v) is 3.83. The molecule has 0 amide bonds. The normalized spacial score (nSPS) is 13.3. The first-order valence-electron chi connectivity index (χ1n) is 9.04. The Labute approximate surface area is 161 Å². The molecule has 140 valence electrons. The summed E-state index contributed by atoms with van der Waals surface area (Å²) in [5.41, 5.74) is 14.5. The monoisotopic (exact) mass is 374 g/mol. The van der Waals surface area contributed by atoms with Gasteiger partial charge in [0.05, 0.1) is 25.2 Å². The van der Waals surface area contributed by atoms with Gasteiger partial charge in [-0.25, -0.2) is 0 Å². The van der Waals surface area contributed by atoms with Crippen LogP contribution >= 0.6 is 11.6 Å². The number of ketones is 1.